The average Bonchev–Trinajstić information content (AvgIpc) is 3.40. The second-order valence-corrected chi connectivity index (χ2v) is 13.8. The van der Waals surface area contributed by atoms with Crippen LogP contribution in [0.3, 0.4) is 0 Å². The van der Waals surface area contributed by atoms with Gasteiger partial charge in [0.15, 0.2) is 0 Å². The molecule has 0 fully saturated rings. The van der Waals surface area contributed by atoms with E-state index in [9.17, 15) is 0 Å². The van der Waals surface area contributed by atoms with E-state index < -0.39 is 0 Å². The third-order valence-corrected chi connectivity index (χ3v) is 7.85. The zero-order valence-corrected chi connectivity index (χ0v) is 42.8. The second kappa shape index (κ2) is 76.4. The Morgan fingerprint density at radius 2 is 0.219 bits per heavy atom. The second-order valence-electron chi connectivity index (χ2n) is 13.8. The molecule has 0 saturated carbocycles. The van der Waals surface area contributed by atoms with Gasteiger partial charge in [0.05, 0.1) is 0 Å². The fraction of sp³-hybridized carbons (Fsp3) is 1.00. The van der Waals surface area contributed by atoms with Gasteiger partial charge in [0.1, 0.15) is 0 Å². The van der Waals surface area contributed by atoms with Gasteiger partial charge in [-0.15, -0.1) is 0 Å². The monoisotopic (exact) mass is 815 g/mol. The minimum absolute atomic E-state index is 1.62. The third-order valence-electron chi connectivity index (χ3n) is 7.85. The van der Waals surface area contributed by atoms with Crippen LogP contribution in [0.1, 0.15) is 0 Å². The predicted octanol–water partition coefficient (Wildman–Crippen LogP) is -27.5. The van der Waals surface area contributed by atoms with Crippen molar-refractivity contribution < 1.29 is 4.65 Å². The van der Waals surface area contributed by atoms with Gasteiger partial charge in [0, 0.05) is 0 Å². The van der Waals surface area contributed by atoms with Crippen molar-refractivity contribution in [1.29, 1.82) is 0 Å². The van der Waals surface area contributed by atoms with Crippen molar-refractivity contribution in [2.24, 2.45) is 0 Å². The van der Waals surface area contributed by atoms with E-state index >= 15 is 0 Å². The van der Waals surface area contributed by atoms with Crippen LogP contribution in [0.25, 0.3) is 0 Å². The summed E-state index contributed by atoms with van der Waals surface area (Å²) in [4.78, 5) is 0. The maximum atomic E-state index is 4.82. The molecule has 0 saturated heterocycles. The number of rotatable bonds is 35. The fourth-order valence-electron chi connectivity index (χ4n) is 4.47. The van der Waals surface area contributed by atoms with Crippen LogP contribution in [0.15, 0.2) is 0 Å². The molecule has 1 nitrogen and oxygen atoms in total. The summed E-state index contributed by atoms with van der Waals surface area (Å²) < 4.78 is 4.82. The summed E-state index contributed by atoms with van der Waals surface area (Å²) in [7, 11) is 5.25. The first kappa shape index (κ1) is 77.4. The molecule has 0 aromatic carbocycles. The quantitative estimate of drug-likeness (QED) is 0.0580. The van der Waals surface area contributed by atoms with Gasteiger partial charge >= 0.3 is 488 Å². The zero-order valence-electron chi connectivity index (χ0n) is 42.8. The minimum atomic E-state index is 1.62. The van der Waals surface area contributed by atoms with Crippen LogP contribution in [0, 0.1) is 0 Å². The van der Waals surface area contributed by atoms with Gasteiger partial charge in [0.2, 0.25) is 0 Å². The molecule has 0 aliphatic carbocycles. The number of hydrogen-bond acceptors (Lipinski definition) is 1. The zero-order chi connectivity index (χ0) is 52.2. The Labute approximate surface area is 483 Å². The molecule has 0 aliphatic heterocycles. The van der Waals surface area contributed by atoms with Crippen molar-refractivity contribution in [3.8, 4) is 0 Å². The third kappa shape index (κ3) is 76.4. The molecule has 0 bridgehead atoms. The molecular weight excluding hydrogens is 796 g/mol. The SMILES string of the molecule is BB=BB=BB=BB=BB=BB=BB=BB=BB=BB=BB=BB=BB=BB=BB=BB=BB=BB=BB=BB=BB=BB=BB=BB=BB=BB=BB=BB=BB=BB=BB=BB=BB=BB=BB=BOC. The van der Waals surface area contributed by atoms with E-state index in [-0.39, 0.29) is 0 Å². The topological polar surface area (TPSA) is 9.23 Å². The Bertz CT molecular complexity index is 2500. The van der Waals surface area contributed by atoms with Crippen LogP contribution in [0.4, 0.5) is 0 Å². The summed E-state index contributed by atoms with van der Waals surface area (Å²) in [5, 5.41) is 0. The first-order valence-corrected chi connectivity index (χ1v) is 24.2. The van der Waals surface area contributed by atoms with Crippen molar-refractivity contribution in [2.45, 2.75) is 0 Å². The molecule has 0 rings (SSSR count). The molecule has 0 atom stereocenters. The normalized spacial score (nSPS) is 7.85. The fourth-order valence-corrected chi connectivity index (χ4v) is 4.47. The van der Waals surface area contributed by atoms with E-state index in [0.717, 1.165) is 0 Å². The van der Waals surface area contributed by atoms with E-state index in [1.165, 1.54) is 0 Å². The van der Waals surface area contributed by atoms with Crippen LogP contribution >= 0.6 is 0 Å². The van der Waals surface area contributed by atoms with Gasteiger partial charge < -0.3 is 0 Å². The van der Waals surface area contributed by atoms with E-state index in [0.29, 0.717) is 0 Å². The maximum absolute atomic E-state index is 4.82. The van der Waals surface area contributed by atoms with Crippen LogP contribution in [0.2, 0.25) is 0 Å². The standard InChI is InChI=1S/CH5B71O/c1-73-72-71-70-69-68-67-66-65-64-63-62-61-60-59-58-57-56-55-54-53-52-51-50-49-48-47-46-45-44-43-42-41-40-39-38-37-36-35-34-33-32-31-30-29-28-27-26-25-24-23-22-21-20-19-18-17-16-15-14-13-12-11-10-9-8-7-6-5-4-3-2/h2H2,1H3. The van der Waals surface area contributed by atoms with Crippen LogP contribution in [0.5, 0.6) is 0 Å². The van der Waals surface area contributed by atoms with Crippen LogP contribution < -0.4 is 0 Å². The molecule has 0 aromatic rings. The van der Waals surface area contributed by atoms with Crippen molar-refractivity contribution >= 4 is 477 Å². The van der Waals surface area contributed by atoms with Gasteiger partial charge in [-0.3, -0.25) is 0 Å². The average molecular weight is 801 g/mol. The van der Waals surface area contributed by atoms with E-state index in [1.54, 1.807) is 14.1 Å². The molecule has 0 radical (unpaired) electrons. The van der Waals surface area contributed by atoms with Gasteiger partial charge in [-0.05, 0) is 0 Å². The molecule has 72 heteroatoms. The van der Waals surface area contributed by atoms with E-state index in [2.05, 4.69) is 0 Å². The van der Waals surface area contributed by atoms with Gasteiger partial charge in [0.25, 0.3) is 0 Å². The predicted molar refractivity (Wildman–Crippen MR) is 418 cm³/mol. The van der Waals surface area contributed by atoms with Crippen molar-refractivity contribution in [3.63, 3.8) is 0 Å². The van der Waals surface area contributed by atoms with Crippen molar-refractivity contribution in [1.82, 2.24) is 0 Å². The van der Waals surface area contributed by atoms with Crippen molar-refractivity contribution in [2.75, 3.05) is 7.11 Å². The molecule has 0 aliphatic rings. The van der Waals surface area contributed by atoms with Crippen LogP contribution in [-0.2, 0) is 4.65 Å². The number of hydrogen-bond donors (Lipinski definition) is 0. The summed E-state index contributed by atoms with van der Waals surface area (Å²) in [5.41, 5.74) is 0. The Morgan fingerprint density at radius 3 is 0.301 bits per heavy atom. The summed E-state index contributed by atoms with van der Waals surface area (Å²) >= 11 is 0. The van der Waals surface area contributed by atoms with Gasteiger partial charge in [-0.1, -0.05) is 0 Å². The summed E-state index contributed by atoms with van der Waals surface area (Å²) in [6.45, 7) is 137. The molecule has 0 N–H and O–H groups in total. The summed E-state index contributed by atoms with van der Waals surface area (Å²) in [6, 6.07) is 0. The Kier molecular flexibility index (Phi) is 81.0. The van der Waals surface area contributed by atoms with Crippen molar-refractivity contribution in [3.05, 3.63) is 0 Å². The summed E-state index contributed by atoms with van der Waals surface area (Å²) in [5.74, 6) is 0. The Hall–Kier alpha value is 4.41. The van der Waals surface area contributed by atoms with Gasteiger partial charge in [-0.2, -0.15) is 0 Å². The molecule has 0 amide bonds. The molecule has 0 aromatic heterocycles. The molecular formula is CH5B71O. The van der Waals surface area contributed by atoms with E-state index in [1.807, 2.05) is 470 Å². The summed E-state index contributed by atoms with van der Waals surface area (Å²) in [6.07, 6.45) is 0. The molecule has 0 spiro atoms. The molecule has 228 valence electrons. The first-order chi connectivity index (χ1) is 36.4. The Balaban J connectivity index is 4.09. The molecule has 73 heavy (non-hydrogen) atoms. The van der Waals surface area contributed by atoms with Crippen LogP contribution in [-0.4, -0.2) is 484 Å². The Morgan fingerprint density at radius 1 is 0.137 bits per heavy atom. The van der Waals surface area contributed by atoms with Gasteiger partial charge in [-0.25, -0.2) is 0 Å². The molecule has 0 heterocycles. The first-order valence-electron chi connectivity index (χ1n) is 24.2. The van der Waals surface area contributed by atoms with E-state index in [4.69, 9.17) is 4.65 Å². The molecule has 0 unspecified atom stereocenters.